The van der Waals surface area contributed by atoms with Crippen molar-refractivity contribution in [3.05, 3.63) is 20.1 Å². The topological polar surface area (TPSA) is 125 Å². The number of hydrogen-bond acceptors (Lipinski definition) is 5. The molecule has 0 bridgehead atoms. The Morgan fingerprint density at radius 3 is 1.00 bits per heavy atom. The third-order valence-corrected chi connectivity index (χ3v) is 6.38. The van der Waals surface area contributed by atoms with E-state index < -0.39 is 21.0 Å². The molecule has 0 aromatic heterocycles. The van der Waals surface area contributed by atoms with Gasteiger partial charge in [0.25, 0.3) is 0 Å². The van der Waals surface area contributed by atoms with Crippen molar-refractivity contribution in [1.82, 2.24) is 0 Å². The predicted molar refractivity (Wildman–Crippen MR) is 138 cm³/mol. The second-order valence-electron chi connectivity index (χ2n) is 6.69. The first-order valence-corrected chi connectivity index (χ1v) is 12.3. The molecule has 1 atom stereocenters. The van der Waals surface area contributed by atoms with Crippen LogP contribution in [0.5, 0.6) is 0 Å². The Morgan fingerprint density at radius 1 is 0.684 bits per heavy atom. The van der Waals surface area contributed by atoms with E-state index in [0.29, 0.717) is 5.92 Å². The summed E-state index contributed by atoms with van der Waals surface area (Å²) in [5, 5.41) is 7.06. The number of carbonyl (C=O) groups is 1. The van der Waals surface area contributed by atoms with Gasteiger partial charge in [-0.25, -0.2) is 8.42 Å². The molecule has 0 aromatic rings. The van der Waals surface area contributed by atoms with E-state index in [1.54, 1.807) is 27.9 Å². The average Bonchev–Trinajstić information content (AvgIpc) is 2.66. The number of carbonyl (C=O) groups excluding carboxylic acids is 1. The molecular weight excluding hydrogens is 1160 g/mol. The molecule has 0 rings (SSSR count). The minimum absolute atomic E-state index is 0. The molecule has 0 aliphatic carbocycles. The largest absolute Gasteiger partial charge is 0.681 e. The monoisotopic (exact) mass is 1200 g/mol. The quantitative estimate of drug-likeness (QED) is 0.323. The van der Waals surface area contributed by atoms with Crippen molar-refractivity contribution in [2.45, 2.75) is 73.3 Å². The number of thiocarbonyl (C=S) groups is 1. The van der Waals surface area contributed by atoms with E-state index >= 15 is 0 Å². The maximum absolute atomic E-state index is 10.5. The van der Waals surface area contributed by atoms with Crippen LogP contribution in [0, 0.1) is 11.8 Å². The Labute approximate surface area is 445 Å². The third kappa shape index (κ3) is 66.6. The Balaban J connectivity index is -0.0000000185. The molecule has 8 nitrogen and oxygen atoms in total. The van der Waals surface area contributed by atoms with Crippen molar-refractivity contribution in [1.29, 1.82) is 0 Å². The second kappa shape index (κ2) is 57.5. The van der Waals surface area contributed by atoms with Crippen LogP contribution in [0.4, 0.5) is 0 Å². The molecule has 0 fully saturated rings. The normalized spacial score (nSPS) is 8.74. The third-order valence-electron chi connectivity index (χ3n) is 2.86. The van der Waals surface area contributed by atoms with E-state index in [1.165, 1.54) is 14.1 Å². The van der Waals surface area contributed by atoms with Gasteiger partial charge in [-0.05, 0) is 11.8 Å². The standard InChI is InChI=1S/C5H11NO.C5H11NS.C4H10NO2S.C4H10NOS.CH4.8Y/c2*1-4(2)5(7)6-3;1-4(2)8(6,7)5-3;1-4(2)7(6)5-3;;;;;;;;;/h2*4H,1-3H3,(H,6,7);4H,1-3H3;4H,1-3H3;1H4;;;;;;;;/q;;2*-1;;;;;;;;;/p-2. The Bertz CT molecular complexity index is 531. The molecule has 1 amide bonds. The van der Waals surface area contributed by atoms with E-state index in [-0.39, 0.29) is 291 Å². The fourth-order valence-corrected chi connectivity index (χ4v) is 1.78. The molecule has 8 radical (unpaired) electrons. The summed E-state index contributed by atoms with van der Waals surface area (Å²) in [5.41, 5.74) is 0. The fraction of sp³-hybridized carbons (Fsp3) is 0.895. The first-order chi connectivity index (χ1) is 13.0. The van der Waals surface area contributed by atoms with E-state index in [9.17, 15) is 17.4 Å². The average molecular weight is 1200 g/mol. The van der Waals surface area contributed by atoms with Crippen molar-refractivity contribution < 1.29 is 279 Å². The van der Waals surface area contributed by atoms with Crippen molar-refractivity contribution in [2.75, 3.05) is 28.2 Å². The summed E-state index contributed by atoms with van der Waals surface area (Å²) in [6, 6.07) is 0. The van der Waals surface area contributed by atoms with Crippen LogP contribution in [-0.4, -0.2) is 62.2 Å². The van der Waals surface area contributed by atoms with Gasteiger partial charge in [0.15, 0.2) is 0 Å². The van der Waals surface area contributed by atoms with Gasteiger partial charge in [0.1, 0.15) is 0 Å². The van der Waals surface area contributed by atoms with Crippen LogP contribution >= 0.6 is 12.2 Å². The van der Waals surface area contributed by atoms with Crippen molar-refractivity contribution in [2.24, 2.45) is 11.8 Å². The molecule has 0 aliphatic heterocycles. The number of nitrogens with zero attached hydrogens (tertiary/aromatic N) is 4. The molecule has 0 saturated carbocycles. The van der Waals surface area contributed by atoms with Crippen molar-refractivity contribution in [3.63, 3.8) is 0 Å². The Kier molecular flexibility index (Phi) is 130. The zero-order valence-electron chi connectivity index (χ0n) is 24.6. The molecular formula is C19H44N4O4S3Y8-4. The second-order valence-corrected chi connectivity index (χ2v) is 11.3. The Hall–Kier alpha value is 8.21. The molecule has 210 valence electrons. The van der Waals surface area contributed by atoms with Crippen LogP contribution < -0.4 is 0 Å². The van der Waals surface area contributed by atoms with Gasteiger partial charge in [-0.1, -0.05) is 78.8 Å². The van der Waals surface area contributed by atoms with Crippen LogP contribution in [0.15, 0.2) is 0 Å². The smallest absolute Gasteiger partial charge is 0.0743 e. The minimum atomic E-state index is -3.11. The van der Waals surface area contributed by atoms with Crippen LogP contribution in [0.1, 0.15) is 62.8 Å². The number of amides is 1. The Morgan fingerprint density at radius 2 is 1.00 bits per heavy atom. The van der Waals surface area contributed by atoms with Gasteiger partial charge in [-0.15, -0.1) is 26.3 Å². The van der Waals surface area contributed by atoms with Gasteiger partial charge in [0.05, 0.1) is 15.9 Å². The minimum Gasteiger partial charge on any atom is -0.681 e. The van der Waals surface area contributed by atoms with Crippen LogP contribution in [0.2, 0.25) is 0 Å². The number of rotatable bonds is 6. The van der Waals surface area contributed by atoms with Gasteiger partial charge in [0.2, 0.25) is 0 Å². The summed E-state index contributed by atoms with van der Waals surface area (Å²) in [4.78, 5) is 11.2. The molecule has 0 heterocycles. The van der Waals surface area contributed by atoms with Crippen LogP contribution in [-0.2, 0) is 287 Å². The molecule has 19 heteroatoms. The van der Waals surface area contributed by atoms with Crippen LogP contribution in [0.25, 0.3) is 20.1 Å². The first kappa shape index (κ1) is 85.6. The number of hydrogen-bond donors (Lipinski definition) is 0. The first-order valence-electron chi connectivity index (χ1n) is 9.18. The summed E-state index contributed by atoms with van der Waals surface area (Å²) >= 11 is 4.81. The van der Waals surface area contributed by atoms with E-state index in [4.69, 9.17) is 12.2 Å². The fourth-order valence-electron chi connectivity index (χ4n) is 0.938. The van der Waals surface area contributed by atoms with Crippen molar-refractivity contribution in [3.8, 4) is 0 Å². The molecule has 0 aliphatic rings. The van der Waals surface area contributed by atoms with Crippen molar-refractivity contribution >= 4 is 44.1 Å². The summed E-state index contributed by atoms with van der Waals surface area (Å²) in [6.45, 7) is 14.7. The van der Waals surface area contributed by atoms with E-state index in [2.05, 4.69) is 20.1 Å². The molecule has 1 unspecified atom stereocenters. The van der Waals surface area contributed by atoms with E-state index in [0.717, 1.165) is 4.99 Å². The van der Waals surface area contributed by atoms with Gasteiger partial charge in [-0.3, -0.25) is 4.21 Å². The van der Waals surface area contributed by atoms with Gasteiger partial charge in [0, 0.05) is 272 Å². The zero-order valence-corrected chi connectivity index (χ0v) is 49.7. The maximum Gasteiger partial charge on any atom is 0.0743 e. The van der Waals surface area contributed by atoms with Gasteiger partial charge >= 0.3 is 0 Å². The maximum atomic E-state index is 10.5. The molecule has 38 heavy (non-hydrogen) atoms. The van der Waals surface area contributed by atoms with E-state index in [1.807, 2.05) is 41.5 Å². The summed E-state index contributed by atoms with van der Waals surface area (Å²) in [6.07, 6.45) is 0. The summed E-state index contributed by atoms with van der Waals surface area (Å²) in [5.74, 6) is 0.463. The molecule has 0 spiro atoms. The molecule has 0 saturated heterocycles. The van der Waals surface area contributed by atoms with Gasteiger partial charge < -0.3 is 24.9 Å². The van der Waals surface area contributed by atoms with Crippen LogP contribution in [0.3, 0.4) is 0 Å². The summed E-state index contributed by atoms with van der Waals surface area (Å²) in [7, 11) is 2.03. The summed E-state index contributed by atoms with van der Waals surface area (Å²) < 4.78 is 38.3. The number of sulfonamides is 1. The van der Waals surface area contributed by atoms with Gasteiger partial charge in [-0.2, -0.15) is 14.1 Å². The molecule has 0 N–H and O–H groups in total. The zero-order chi connectivity index (χ0) is 24.4. The molecule has 0 aromatic carbocycles. The predicted octanol–water partition coefficient (Wildman–Crippen LogP) is 5.55. The SMILES string of the molecule is C.C[N-]C(=O)C(C)C.C[N-]C(=S)C(C)C.C[N-]S(=O)(=O)C(C)C.C[N-]S(=O)C(C)C.[Y].[Y].[Y].[Y].[Y].[Y].[Y].[Y].